The Kier molecular flexibility index (Phi) is 5.95. The zero-order valence-electron chi connectivity index (χ0n) is 10.3. The van der Waals surface area contributed by atoms with E-state index in [4.69, 9.17) is 4.74 Å². The first kappa shape index (κ1) is 13.6. The van der Waals surface area contributed by atoms with Crippen LogP contribution in [0.15, 0.2) is 0 Å². The van der Waals surface area contributed by atoms with Gasteiger partial charge in [0.15, 0.2) is 0 Å². The highest BCUT2D eigenvalue weighted by atomic mass is 16.5. The van der Waals surface area contributed by atoms with E-state index < -0.39 is 6.10 Å². The molecule has 0 aromatic rings. The molecule has 16 heavy (non-hydrogen) atoms. The molecule has 0 spiro atoms. The van der Waals surface area contributed by atoms with Gasteiger partial charge in [0.1, 0.15) is 5.78 Å². The van der Waals surface area contributed by atoms with Crippen LogP contribution in [0.25, 0.3) is 0 Å². The Morgan fingerprint density at radius 2 is 2.38 bits per heavy atom. The molecule has 0 aliphatic carbocycles. The van der Waals surface area contributed by atoms with Gasteiger partial charge in [0.05, 0.1) is 12.7 Å². The summed E-state index contributed by atoms with van der Waals surface area (Å²) in [5, 5.41) is 9.74. The minimum absolute atomic E-state index is 0.233. The number of Topliss-reactive ketones (excluding diaryl/α,β-unsaturated/α-hetero) is 1. The molecule has 4 nitrogen and oxygen atoms in total. The van der Waals surface area contributed by atoms with Gasteiger partial charge in [-0.2, -0.15) is 0 Å². The monoisotopic (exact) mass is 229 g/mol. The van der Waals surface area contributed by atoms with Gasteiger partial charge in [0, 0.05) is 25.6 Å². The number of carbonyl (C=O) groups excluding carboxylic acids is 1. The van der Waals surface area contributed by atoms with Crippen molar-refractivity contribution in [3.05, 3.63) is 0 Å². The van der Waals surface area contributed by atoms with Crippen LogP contribution in [0.5, 0.6) is 0 Å². The van der Waals surface area contributed by atoms with Crippen LogP contribution in [0.1, 0.15) is 33.1 Å². The van der Waals surface area contributed by atoms with Gasteiger partial charge in [0.25, 0.3) is 0 Å². The molecule has 1 aliphatic heterocycles. The fraction of sp³-hybridized carbons (Fsp3) is 0.917. The molecule has 94 valence electrons. The number of rotatable bonds is 7. The molecule has 1 fully saturated rings. The van der Waals surface area contributed by atoms with Gasteiger partial charge in [0.2, 0.25) is 0 Å². The van der Waals surface area contributed by atoms with Gasteiger partial charge in [-0.1, -0.05) is 0 Å². The molecule has 0 saturated carbocycles. The molecule has 2 unspecified atom stereocenters. The number of hydrogen-bond donors (Lipinski definition) is 1. The van der Waals surface area contributed by atoms with Crippen molar-refractivity contribution in [1.29, 1.82) is 0 Å². The number of nitrogens with zero attached hydrogens (tertiary/aromatic N) is 1. The Hall–Kier alpha value is -0.450. The largest absolute Gasteiger partial charge is 0.389 e. The smallest absolute Gasteiger partial charge is 0.131 e. The molecule has 0 radical (unpaired) electrons. The van der Waals surface area contributed by atoms with Crippen molar-refractivity contribution in [2.75, 3.05) is 26.3 Å². The first-order chi connectivity index (χ1) is 7.63. The predicted molar refractivity (Wildman–Crippen MR) is 62.4 cm³/mol. The third-order valence-corrected chi connectivity index (χ3v) is 2.98. The second kappa shape index (κ2) is 6.99. The van der Waals surface area contributed by atoms with Crippen LogP contribution in [-0.2, 0) is 9.53 Å². The Balaban J connectivity index is 2.31. The zero-order valence-corrected chi connectivity index (χ0v) is 10.3. The first-order valence-corrected chi connectivity index (χ1v) is 6.12. The predicted octanol–water partition coefficient (Wildman–Crippen LogP) is 0.827. The highest BCUT2D eigenvalue weighted by Crippen LogP contribution is 2.20. The third kappa shape index (κ3) is 4.60. The second-order valence-corrected chi connectivity index (χ2v) is 4.51. The number of likely N-dealkylation sites (tertiary alicyclic amines) is 1. The summed E-state index contributed by atoms with van der Waals surface area (Å²) in [5.41, 5.74) is 0. The Bertz CT molecular complexity index is 220. The Labute approximate surface area is 97.6 Å². The highest BCUT2D eigenvalue weighted by Gasteiger charge is 2.26. The van der Waals surface area contributed by atoms with E-state index in [-0.39, 0.29) is 5.78 Å². The lowest BCUT2D eigenvalue weighted by Crippen LogP contribution is -2.38. The van der Waals surface area contributed by atoms with Gasteiger partial charge < -0.3 is 9.84 Å². The van der Waals surface area contributed by atoms with Crippen molar-refractivity contribution < 1.29 is 14.6 Å². The molecule has 1 N–H and O–H groups in total. The molecule has 0 amide bonds. The van der Waals surface area contributed by atoms with Crippen molar-refractivity contribution in [1.82, 2.24) is 4.90 Å². The summed E-state index contributed by atoms with van der Waals surface area (Å²) in [7, 11) is 0. The lowest BCUT2D eigenvalue weighted by molar-refractivity contribution is -0.118. The van der Waals surface area contributed by atoms with Gasteiger partial charge in [-0.15, -0.1) is 0 Å². The standard InChI is InChI=1S/C12H23NO3/c1-3-16-9-12(15)8-13-6-4-5-11(13)7-10(2)14/h11-12,15H,3-9H2,1-2H3. The molecule has 0 bridgehead atoms. The van der Waals surface area contributed by atoms with Crippen molar-refractivity contribution in [2.45, 2.75) is 45.3 Å². The lowest BCUT2D eigenvalue weighted by Gasteiger charge is -2.26. The topological polar surface area (TPSA) is 49.8 Å². The minimum atomic E-state index is -0.437. The molecule has 1 rings (SSSR count). The van der Waals surface area contributed by atoms with E-state index in [2.05, 4.69) is 4.90 Å². The molecular weight excluding hydrogens is 206 g/mol. The summed E-state index contributed by atoms with van der Waals surface area (Å²) in [5.74, 6) is 0.233. The van der Waals surface area contributed by atoms with E-state index in [0.717, 1.165) is 19.4 Å². The Morgan fingerprint density at radius 1 is 1.62 bits per heavy atom. The van der Waals surface area contributed by atoms with Crippen LogP contribution >= 0.6 is 0 Å². The second-order valence-electron chi connectivity index (χ2n) is 4.51. The van der Waals surface area contributed by atoms with Crippen molar-refractivity contribution in [3.8, 4) is 0 Å². The minimum Gasteiger partial charge on any atom is -0.389 e. The van der Waals surface area contributed by atoms with E-state index in [9.17, 15) is 9.90 Å². The average Bonchev–Trinajstić information content (AvgIpc) is 2.62. The van der Waals surface area contributed by atoms with Crippen LogP contribution in [-0.4, -0.2) is 54.2 Å². The highest BCUT2D eigenvalue weighted by molar-refractivity contribution is 5.76. The van der Waals surface area contributed by atoms with E-state index in [1.54, 1.807) is 6.92 Å². The number of ketones is 1. The molecular formula is C12H23NO3. The maximum atomic E-state index is 11.1. The summed E-state index contributed by atoms with van der Waals surface area (Å²) >= 11 is 0. The quantitative estimate of drug-likeness (QED) is 0.702. The van der Waals surface area contributed by atoms with Crippen LogP contribution in [0, 0.1) is 0 Å². The number of aliphatic hydroxyl groups excluding tert-OH is 1. The SMILES string of the molecule is CCOCC(O)CN1CCCC1CC(C)=O. The fourth-order valence-corrected chi connectivity index (χ4v) is 2.28. The van der Waals surface area contributed by atoms with E-state index >= 15 is 0 Å². The molecule has 4 heteroatoms. The third-order valence-electron chi connectivity index (χ3n) is 2.98. The van der Waals surface area contributed by atoms with E-state index in [1.165, 1.54) is 0 Å². The molecule has 2 atom stereocenters. The summed E-state index contributed by atoms with van der Waals surface area (Å²) in [6, 6.07) is 0.328. The lowest BCUT2D eigenvalue weighted by atomic mass is 10.1. The summed E-state index contributed by atoms with van der Waals surface area (Å²) in [6.07, 6.45) is 2.37. The fourth-order valence-electron chi connectivity index (χ4n) is 2.28. The summed E-state index contributed by atoms with van der Waals surface area (Å²) in [4.78, 5) is 13.3. The van der Waals surface area contributed by atoms with Crippen molar-refractivity contribution in [2.24, 2.45) is 0 Å². The van der Waals surface area contributed by atoms with Crippen LogP contribution in [0.2, 0.25) is 0 Å². The van der Waals surface area contributed by atoms with Crippen LogP contribution in [0.3, 0.4) is 0 Å². The molecule has 1 saturated heterocycles. The van der Waals surface area contributed by atoms with Gasteiger partial charge in [-0.25, -0.2) is 0 Å². The van der Waals surface area contributed by atoms with Crippen LogP contribution in [0.4, 0.5) is 0 Å². The van der Waals surface area contributed by atoms with Crippen LogP contribution < -0.4 is 0 Å². The number of ether oxygens (including phenoxy) is 1. The molecule has 1 aliphatic rings. The van der Waals surface area contributed by atoms with Gasteiger partial charge in [-0.05, 0) is 33.2 Å². The van der Waals surface area contributed by atoms with Gasteiger partial charge in [-0.3, -0.25) is 9.69 Å². The maximum absolute atomic E-state index is 11.1. The summed E-state index contributed by atoms with van der Waals surface area (Å²) < 4.78 is 5.18. The summed E-state index contributed by atoms with van der Waals surface area (Å²) in [6.45, 7) is 6.18. The number of β-amino-alcohol motifs (C(OH)–C–C–N with tert-alkyl or cyclic N) is 1. The van der Waals surface area contributed by atoms with E-state index in [1.807, 2.05) is 6.92 Å². The van der Waals surface area contributed by atoms with Crippen molar-refractivity contribution in [3.63, 3.8) is 0 Å². The maximum Gasteiger partial charge on any atom is 0.131 e. The normalized spacial score (nSPS) is 23.6. The van der Waals surface area contributed by atoms with Gasteiger partial charge >= 0.3 is 0 Å². The number of aliphatic hydroxyl groups is 1. The number of hydrogen-bond acceptors (Lipinski definition) is 4. The van der Waals surface area contributed by atoms with Crippen molar-refractivity contribution >= 4 is 5.78 Å². The Morgan fingerprint density at radius 3 is 3.00 bits per heavy atom. The molecule has 0 aromatic carbocycles. The first-order valence-electron chi connectivity index (χ1n) is 6.12. The average molecular weight is 229 g/mol. The molecule has 0 aromatic heterocycles. The molecule has 1 heterocycles. The van der Waals surface area contributed by atoms with E-state index in [0.29, 0.717) is 32.2 Å². The number of carbonyl (C=O) groups is 1. The zero-order chi connectivity index (χ0) is 12.0.